The first-order chi connectivity index (χ1) is 8.63. The van der Waals surface area contributed by atoms with Crippen LogP contribution in [-0.2, 0) is 4.79 Å². The van der Waals surface area contributed by atoms with E-state index >= 15 is 0 Å². The van der Waals surface area contributed by atoms with Gasteiger partial charge in [-0.15, -0.1) is 0 Å². The molecule has 2 atom stereocenters. The Bertz CT molecular complexity index is 280. The van der Waals surface area contributed by atoms with E-state index in [0.717, 1.165) is 37.2 Å². The number of carbonyl (C=O) groups is 2. The number of amides is 2. The zero-order chi connectivity index (χ0) is 13.4. The molecule has 1 aliphatic heterocycles. The molecule has 0 saturated carbocycles. The molecule has 1 saturated heterocycles. The average Bonchev–Trinajstić information content (AvgIpc) is 2.35. The van der Waals surface area contributed by atoms with Crippen molar-refractivity contribution in [2.24, 2.45) is 0 Å². The van der Waals surface area contributed by atoms with Gasteiger partial charge in [0.05, 0.1) is 0 Å². The van der Waals surface area contributed by atoms with Crippen LogP contribution in [0.2, 0.25) is 0 Å². The molecule has 0 radical (unpaired) electrons. The number of hydrogen-bond acceptors (Lipinski definition) is 3. The third-order valence-electron chi connectivity index (χ3n) is 2.95. The summed E-state index contributed by atoms with van der Waals surface area (Å²) in [5, 5.41) is 14.4. The highest BCUT2D eigenvalue weighted by atomic mass is 32.2. The van der Waals surface area contributed by atoms with Crippen molar-refractivity contribution in [2.45, 2.75) is 51.1 Å². The highest BCUT2D eigenvalue weighted by Crippen LogP contribution is 2.16. The second-order valence-corrected chi connectivity index (χ2v) is 5.71. The van der Waals surface area contributed by atoms with E-state index in [1.807, 2.05) is 18.7 Å². The lowest BCUT2D eigenvalue weighted by molar-refractivity contribution is -0.139. The van der Waals surface area contributed by atoms with Crippen LogP contribution in [0.3, 0.4) is 0 Å². The number of carboxylic acid groups (broad SMARTS) is 1. The van der Waals surface area contributed by atoms with Crippen LogP contribution in [0.5, 0.6) is 0 Å². The van der Waals surface area contributed by atoms with Gasteiger partial charge in [-0.3, -0.25) is 0 Å². The van der Waals surface area contributed by atoms with Crippen molar-refractivity contribution in [1.29, 1.82) is 0 Å². The molecule has 5 nitrogen and oxygen atoms in total. The summed E-state index contributed by atoms with van der Waals surface area (Å²) in [6.07, 6.45) is 4.29. The maximum absolute atomic E-state index is 11.7. The third kappa shape index (κ3) is 5.62. The number of hydrogen-bond donors (Lipinski definition) is 3. The summed E-state index contributed by atoms with van der Waals surface area (Å²) >= 11 is 1.83. The minimum atomic E-state index is -0.961. The zero-order valence-electron chi connectivity index (χ0n) is 10.8. The highest BCUT2D eigenvalue weighted by molar-refractivity contribution is 7.99. The molecule has 1 aliphatic rings. The van der Waals surface area contributed by atoms with Gasteiger partial charge < -0.3 is 15.7 Å². The van der Waals surface area contributed by atoms with E-state index in [4.69, 9.17) is 5.11 Å². The van der Waals surface area contributed by atoms with Crippen molar-refractivity contribution in [3.8, 4) is 0 Å². The number of thioether (sulfide) groups is 1. The van der Waals surface area contributed by atoms with E-state index in [0.29, 0.717) is 6.42 Å². The maximum Gasteiger partial charge on any atom is 0.326 e. The number of rotatable bonds is 6. The zero-order valence-corrected chi connectivity index (χ0v) is 11.6. The Morgan fingerprint density at radius 1 is 1.50 bits per heavy atom. The minimum Gasteiger partial charge on any atom is -0.480 e. The molecule has 2 unspecified atom stereocenters. The SMILES string of the molecule is CCCCC(NC(=O)NC1CCCSC1)C(=O)O. The van der Waals surface area contributed by atoms with Gasteiger partial charge in [-0.1, -0.05) is 19.8 Å². The van der Waals surface area contributed by atoms with Gasteiger partial charge in [0.15, 0.2) is 0 Å². The van der Waals surface area contributed by atoms with Crippen molar-refractivity contribution in [3.63, 3.8) is 0 Å². The van der Waals surface area contributed by atoms with Crippen molar-refractivity contribution < 1.29 is 14.7 Å². The predicted molar refractivity (Wildman–Crippen MR) is 73.0 cm³/mol. The summed E-state index contributed by atoms with van der Waals surface area (Å²) in [5.41, 5.74) is 0. The molecule has 1 fully saturated rings. The summed E-state index contributed by atoms with van der Waals surface area (Å²) in [6.45, 7) is 2.00. The van der Waals surface area contributed by atoms with Crippen LogP contribution in [0.4, 0.5) is 4.79 Å². The highest BCUT2D eigenvalue weighted by Gasteiger charge is 2.21. The van der Waals surface area contributed by atoms with Crippen LogP contribution in [0.1, 0.15) is 39.0 Å². The van der Waals surface area contributed by atoms with Gasteiger partial charge in [0.1, 0.15) is 6.04 Å². The fraction of sp³-hybridized carbons (Fsp3) is 0.833. The number of unbranched alkanes of at least 4 members (excludes halogenated alkanes) is 1. The lowest BCUT2D eigenvalue weighted by Crippen LogP contribution is -2.50. The molecule has 6 heteroatoms. The van der Waals surface area contributed by atoms with E-state index in [9.17, 15) is 9.59 Å². The smallest absolute Gasteiger partial charge is 0.326 e. The summed E-state index contributed by atoms with van der Waals surface area (Å²) in [7, 11) is 0. The molecule has 3 N–H and O–H groups in total. The Morgan fingerprint density at radius 2 is 2.28 bits per heavy atom. The molecule has 104 valence electrons. The van der Waals surface area contributed by atoms with E-state index < -0.39 is 12.0 Å². The summed E-state index contributed by atoms with van der Waals surface area (Å²) < 4.78 is 0. The van der Waals surface area contributed by atoms with Crippen LogP contribution in [-0.4, -0.2) is 40.7 Å². The van der Waals surface area contributed by atoms with Gasteiger partial charge in [0, 0.05) is 11.8 Å². The maximum atomic E-state index is 11.7. The quantitative estimate of drug-likeness (QED) is 0.690. The van der Waals surface area contributed by atoms with Crippen LogP contribution < -0.4 is 10.6 Å². The van der Waals surface area contributed by atoms with Crippen LogP contribution >= 0.6 is 11.8 Å². The standard InChI is InChI=1S/C12H22N2O3S/c1-2-3-6-10(11(15)16)14-12(17)13-9-5-4-7-18-8-9/h9-10H,2-8H2,1H3,(H,15,16)(H2,13,14,17). The summed E-state index contributed by atoms with van der Waals surface area (Å²) in [4.78, 5) is 22.7. The van der Waals surface area contributed by atoms with Crippen LogP contribution in [0, 0.1) is 0 Å². The Balaban J connectivity index is 2.32. The van der Waals surface area contributed by atoms with Gasteiger partial charge >= 0.3 is 12.0 Å². The van der Waals surface area contributed by atoms with E-state index in [1.165, 1.54) is 0 Å². The number of carboxylic acids is 1. The molecular weight excluding hydrogens is 252 g/mol. The first-order valence-corrected chi connectivity index (χ1v) is 7.66. The lowest BCUT2D eigenvalue weighted by Gasteiger charge is -2.23. The van der Waals surface area contributed by atoms with Crippen molar-refractivity contribution >= 4 is 23.8 Å². The fourth-order valence-electron chi connectivity index (χ4n) is 1.91. The minimum absolute atomic E-state index is 0.171. The molecule has 1 heterocycles. The monoisotopic (exact) mass is 274 g/mol. The molecule has 0 aromatic carbocycles. The van der Waals surface area contributed by atoms with Crippen molar-refractivity contribution in [1.82, 2.24) is 10.6 Å². The summed E-state index contributed by atoms with van der Waals surface area (Å²) in [5.74, 6) is 1.10. The first kappa shape index (κ1) is 15.1. The topological polar surface area (TPSA) is 78.4 Å². The summed E-state index contributed by atoms with van der Waals surface area (Å²) in [6, 6.07) is -0.962. The number of carbonyl (C=O) groups excluding carboxylic acids is 1. The normalized spacial score (nSPS) is 21.1. The Labute approximate surface area is 112 Å². The predicted octanol–water partition coefficient (Wildman–Crippen LogP) is 1.82. The Morgan fingerprint density at radius 3 is 2.83 bits per heavy atom. The molecule has 2 amide bonds. The third-order valence-corrected chi connectivity index (χ3v) is 4.16. The number of nitrogens with one attached hydrogen (secondary N) is 2. The number of aliphatic carboxylic acids is 1. The molecule has 0 aromatic rings. The second-order valence-electron chi connectivity index (χ2n) is 4.56. The van der Waals surface area contributed by atoms with Gasteiger partial charge in [-0.25, -0.2) is 9.59 Å². The van der Waals surface area contributed by atoms with Gasteiger partial charge in [0.25, 0.3) is 0 Å². The Kier molecular flexibility index (Phi) is 6.93. The largest absolute Gasteiger partial charge is 0.480 e. The van der Waals surface area contributed by atoms with Crippen molar-refractivity contribution in [2.75, 3.05) is 11.5 Å². The molecule has 0 spiro atoms. The second kappa shape index (κ2) is 8.24. The lowest BCUT2D eigenvalue weighted by atomic mass is 10.1. The van der Waals surface area contributed by atoms with Gasteiger partial charge in [-0.05, 0) is 25.0 Å². The van der Waals surface area contributed by atoms with E-state index in [1.54, 1.807) is 0 Å². The fourth-order valence-corrected chi connectivity index (χ4v) is 2.98. The van der Waals surface area contributed by atoms with Crippen LogP contribution in [0.15, 0.2) is 0 Å². The molecule has 0 aliphatic carbocycles. The molecule has 0 aromatic heterocycles. The molecule has 0 bridgehead atoms. The van der Waals surface area contributed by atoms with Crippen molar-refractivity contribution in [3.05, 3.63) is 0 Å². The average molecular weight is 274 g/mol. The molecule has 18 heavy (non-hydrogen) atoms. The first-order valence-electron chi connectivity index (χ1n) is 6.51. The molecule has 1 rings (SSSR count). The van der Waals surface area contributed by atoms with E-state index in [-0.39, 0.29) is 12.1 Å². The van der Waals surface area contributed by atoms with E-state index in [2.05, 4.69) is 10.6 Å². The van der Waals surface area contributed by atoms with Crippen LogP contribution in [0.25, 0.3) is 0 Å². The Hall–Kier alpha value is -0.910. The number of urea groups is 1. The van der Waals surface area contributed by atoms with Gasteiger partial charge in [-0.2, -0.15) is 11.8 Å². The molecular formula is C12H22N2O3S. The van der Waals surface area contributed by atoms with Gasteiger partial charge in [0.2, 0.25) is 0 Å².